The molecular formula is C17H13N3O4. The van der Waals surface area contributed by atoms with Crippen molar-refractivity contribution >= 4 is 11.7 Å². The summed E-state index contributed by atoms with van der Waals surface area (Å²) in [6.45, 7) is 1.94. The standard InChI is InChI=1S/C17H13N3O4/c1-11-6-8-12(9-7-11)16-10-13(17(21)22)18-19(16)14-4-2-3-5-15(14)20(23)24/h2-10H,1H3,(H,21,22). The second-order valence-corrected chi connectivity index (χ2v) is 5.24. The highest BCUT2D eigenvalue weighted by Crippen LogP contribution is 2.29. The Morgan fingerprint density at radius 2 is 1.83 bits per heavy atom. The minimum absolute atomic E-state index is 0.147. The number of carboxylic acid groups (broad SMARTS) is 1. The number of aromatic nitrogens is 2. The molecule has 0 spiro atoms. The first kappa shape index (κ1) is 15.4. The van der Waals surface area contributed by atoms with Gasteiger partial charge in [-0.15, -0.1) is 0 Å². The van der Waals surface area contributed by atoms with Gasteiger partial charge in [0.05, 0.1) is 10.6 Å². The Labute approximate surface area is 136 Å². The number of aromatic carboxylic acids is 1. The van der Waals surface area contributed by atoms with Crippen LogP contribution in [0.1, 0.15) is 16.1 Å². The number of para-hydroxylation sites is 2. The molecule has 120 valence electrons. The first-order chi connectivity index (χ1) is 11.5. The van der Waals surface area contributed by atoms with E-state index in [0.717, 1.165) is 11.1 Å². The first-order valence-electron chi connectivity index (χ1n) is 7.11. The Kier molecular flexibility index (Phi) is 3.83. The van der Waals surface area contributed by atoms with Crippen molar-refractivity contribution in [1.82, 2.24) is 9.78 Å². The highest BCUT2D eigenvalue weighted by atomic mass is 16.6. The van der Waals surface area contributed by atoms with E-state index in [-0.39, 0.29) is 17.1 Å². The summed E-state index contributed by atoms with van der Waals surface area (Å²) in [5, 5.41) is 24.5. The maximum absolute atomic E-state index is 11.3. The highest BCUT2D eigenvalue weighted by molar-refractivity contribution is 5.87. The van der Waals surface area contributed by atoms with Crippen molar-refractivity contribution in [1.29, 1.82) is 0 Å². The van der Waals surface area contributed by atoms with Crippen LogP contribution in [0.25, 0.3) is 16.9 Å². The van der Waals surface area contributed by atoms with Gasteiger partial charge in [0.25, 0.3) is 5.69 Å². The first-order valence-corrected chi connectivity index (χ1v) is 7.11. The van der Waals surface area contributed by atoms with Gasteiger partial charge in [-0.05, 0) is 19.1 Å². The van der Waals surface area contributed by atoms with Gasteiger partial charge in [0.2, 0.25) is 0 Å². The zero-order valence-corrected chi connectivity index (χ0v) is 12.7. The molecule has 0 aliphatic carbocycles. The minimum atomic E-state index is -1.19. The summed E-state index contributed by atoms with van der Waals surface area (Å²) in [6.07, 6.45) is 0. The lowest BCUT2D eigenvalue weighted by Crippen LogP contribution is -2.05. The number of hydrogen-bond donors (Lipinski definition) is 1. The third kappa shape index (κ3) is 2.74. The lowest BCUT2D eigenvalue weighted by molar-refractivity contribution is -0.384. The van der Waals surface area contributed by atoms with E-state index in [1.165, 1.54) is 22.9 Å². The molecule has 24 heavy (non-hydrogen) atoms. The third-order valence-electron chi connectivity index (χ3n) is 3.58. The third-order valence-corrected chi connectivity index (χ3v) is 3.58. The van der Waals surface area contributed by atoms with E-state index < -0.39 is 10.9 Å². The highest BCUT2D eigenvalue weighted by Gasteiger charge is 2.21. The molecule has 2 aromatic carbocycles. The molecule has 0 amide bonds. The number of nitro groups is 1. The number of nitro benzene ring substituents is 1. The summed E-state index contributed by atoms with van der Waals surface area (Å²) >= 11 is 0. The fourth-order valence-electron chi connectivity index (χ4n) is 2.40. The van der Waals surface area contributed by atoms with Crippen LogP contribution < -0.4 is 0 Å². The lowest BCUT2D eigenvalue weighted by Gasteiger charge is -2.08. The number of carboxylic acids is 1. The molecule has 0 saturated carbocycles. The molecule has 0 aliphatic rings. The van der Waals surface area contributed by atoms with Crippen molar-refractivity contribution in [3.8, 4) is 16.9 Å². The molecular weight excluding hydrogens is 310 g/mol. The summed E-state index contributed by atoms with van der Waals surface area (Å²) in [6, 6.07) is 14.9. The van der Waals surface area contributed by atoms with Crippen LogP contribution in [0.15, 0.2) is 54.6 Å². The summed E-state index contributed by atoms with van der Waals surface area (Å²) < 4.78 is 1.30. The van der Waals surface area contributed by atoms with Crippen LogP contribution in [0.2, 0.25) is 0 Å². The molecule has 0 aliphatic heterocycles. The average molecular weight is 323 g/mol. The normalized spacial score (nSPS) is 10.5. The van der Waals surface area contributed by atoms with Crippen molar-refractivity contribution in [2.45, 2.75) is 6.92 Å². The molecule has 0 fully saturated rings. The van der Waals surface area contributed by atoms with Crippen LogP contribution in [-0.2, 0) is 0 Å². The molecule has 0 saturated heterocycles. The molecule has 0 bridgehead atoms. The van der Waals surface area contributed by atoms with E-state index in [2.05, 4.69) is 5.10 Å². The summed E-state index contributed by atoms with van der Waals surface area (Å²) in [7, 11) is 0. The Balaban J connectivity index is 2.26. The average Bonchev–Trinajstić information content (AvgIpc) is 3.01. The maximum atomic E-state index is 11.3. The van der Waals surface area contributed by atoms with Crippen molar-refractivity contribution < 1.29 is 14.8 Å². The van der Waals surface area contributed by atoms with Gasteiger partial charge >= 0.3 is 5.97 Å². The van der Waals surface area contributed by atoms with Gasteiger partial charge in [0.15, 0.2) is 5.69 Å². The summed E-state index contributed by atoms with van der Waals surface area (Å²) in [5.41, 5.74) is 2.13. The fraction of sp³-hybridized carbons (Fsp3) is 0.0588. The zero-order valence-electron chi connectivity index (χ0n) is 12.7. The molecule has 3 rings (SSSR count). The van der Waals surface area contributed by atoms with Gasteiger partial charge in [-0.1, -0.05) is 42.0 Å². The van der Waals surface area contributed by atoms with Crippen LogP contribution in [0, 0.1) is 17.0 Å². The van der Waals surface area contributed by atoms with E-state index >= 15 is 0 Å². The number of benzene rings is 2. The largest absolute Gasteiger partial charge is 0.476 e. The molecule has 1 heterocycles. The van der Waals surface area contributed by atoms with Gasteiger partial charge in [0, 0.05) is 11.6 Å². The van der Waals surface area contributed by atoms with E-state index in [1.807, 2.05) is 31.2 Å². The Bertz CT molecular complexity index is 929. The summed E-state index contributed by atoms with van der Waals surface area (Å²) in [5.74, 6) is -1.19. The molecule has 0 atom stereocenters. The van der Waals surface area contributed by atoms with Crippen LogP contribution in [0.3, 0.4) is 0 Å². The molecule has 3 aromatic rings. The second kappa shape index (κ2) is 5.96. The van der Waals surface area contributed by atoms with E-state index in [9.17, 15) is 20.0 Å². The molecule has 7 nitrogen and oxygen atoms in total. The van der Waals surface area contributed by atoms with Crippen molar-refractivity contribution in [2.24, 2.45) is 0 Å². The van der Waals surface area contributed by atoms with Crippen LogP contribution >= 0.6 is 0 Å². The van der Waals surface area contributed by atoms with E-state index in [1.54, 1.807) is 12.1 Å². The van der Waals surface area contributed by atoms with Crippen molar-refractivity contribution in [2.75, 3.05) is 0 Å². The smallest absolute Gasteiger partial charge is 0.356 e. The van der Waals surface area contributed by atoms with Crippen LogP contribution in [-0.4, -0.2) is 25.8 Å². The fourth-order valence-corrected chi connectivity index (χ4v) is 2.40. The van der Waals surface area contributed by atoms with Crippen molar-refractivity contribution in [3.63, 3.8) is 0 Å². The Morgan fingerprint density at radius 1 is 1.17 bits per heavy atom. The molecule has 7 heteroatoms. The van der Waals surface area contributed by atoms with Crippen LogP contribution in [0.5, 0.6) is 0 Å². The minimum Gasteiger partial charge on any atom is -0.476 e. The van der Waals surface area contributed by atoms with Gasteiger partial charge in [-0.3, -0.25) is 10.1 Å². The SMILES string of the molecule is Cc1ccc(-c2cc(C(=O)O)nn2-c2ccccc2[N+](=O)[O-])cc1. The molecule has 1 aromatic heterocycles. The van der Waals surface area contributed by atoms with Gasteiger partial charge in [-0.2, -0.15) is 5.10 Å². The van der Waals surface area contributed by atoms with Crippen LogP contribution in [0.4, 0.5) is 5.69 Å². The number of aryl methyl sites for hydroxylation is 1. The predicted molar refractivity (Wildman–Crippen MR) is 87.4 cm³/mol. The van der Waals surface area contributed by atoms with E-state index in [4.69, 9.17) is 0 Å². The molecule has 0 radical (unpaired) electrons. The summed E-state index contributed by atoms with van der Waals surface area (Å²) in [4.78, 5) is 22.1. The van der Waals surface area contributed by atoms with Gasteiger partial charge in [0.1, 0.15) is 5.69 Å². The Morgan fingerprint density at radius 3 is 2.46 bits per heavy atom. The topological polar surface area (TPSA) is 98.3 Å². The van der Waals surface area contributed by atoms with Gasteiger partial charge < -0.3 is 5.11 Å². The number of nitrogens with zero attached hydrogens (tertiary/aromatic N) is 3. The number of carbonyl (C=O) groups is 1. The monoisotopic (exact) mass is 323 g/mol. The lowest BCUT2D eigenvalue weighted by atomic mass is 10.1. The molecule has 0 unspecified atom stereocenters. The molecule has 1 N–H and O–H groups in total. The number of rotatable bonds is 4. The van der Waals surface area contributed by atoms with E-state index in [0.29, 0.717) is 5.69 Å². The second-order valence-electron chi connectivity index (χ2n) is 5.24. The quantitative estimate of drug-likeness (QED) is 0.585. The number of hydrogen-bond acceptors (Lipinski definition) is 4. The van der Waals surface area contributed by atoms with Crippen molar-refractivity contribution in [3.05, 3.63) is 76.0 Å². The maximum Gasteiger partial charge on any atom is 0.356 e. The van der Waals surface area contributed by atoms with Gasteiger partial charge in [-0.25, -0.2) is 9.48 Å². The Hall–Kier alpha value is -3.48. The predicted octanol–water partition coefficient (Wildman–Crippen LogP) is 3.45. The zero-order chi connectivity index (χ0) is 17.3.